The number of hydrogen-bond donors (Lipinski definition) is 2. The second-order valence-electron chi connectivity index (χ2n) is 4.48. The van der Waals surface area contributed by atoms with Crippen molar-refractivity contribution in [2.24, 2.45) is 5.10 Å². The lowest BCUT2D eigenvalue weighted by atomic mass is 10.2. The van der Waals surface area contributed by atoms with E-state index in [0.29, 0.717) is 16.2 Å². The van der Waals surface area contributed by atoms with E-state index in [1.54, 1.807) is 12.3 Å². The van der Waals surface area contributed by atoms with Crippen molar-refractivity contribution in [3.05, 3.63) is 62.4 Å². The Morgan fingerprint density at radius 3 is 2.77 bits per heavy atom. The highest BCUT2D eigenvalue weighted by molar-refractivity contribution is 14.1. The van der Waals surface area contributed by atoms with E-state index in [0.717, 1.165) is 9.13 Å². The van der Waals surface area contributed by atoms with Crippen LogP contribution in [0, 0.1) is 8.34 Å². The predicted molar refractivity (Wildman–Crippen MR) is 96.7 cm³/mol. The second kappa shape index (κ2) is 6.41. The first-order chi connectivity index (χ1) is 10.6. The van der Waals surface area contributed by atoms with Gasteiger partial charge in [0, 0.05) is 14.7 Å². The van der Waals surface area contributed by atoms with Crippen molar-refractivity contribution in [2.45, 2.75) is 0 Å². The number of phenolic OH excluding ortho intramolecular Hbond substituents is 1. The van der Waals surface area contributed by atoms with Gasteiger partial charge in [0.2, 0.25) is 4.77 Å². The van der Waals surface area contributed by atoms with Gasteiger partial charge in [-0.05, 0) is 53.0 Å². The third-order valence-electron chi connectivity index (χ3n) is 2.98. The minimum Gasteiger partial charge on any atom is -0.507 e. The molecule has 3 rings (SSSR count). The highest BCUT2D eigenvalue weighted by Crippen LogP contribution is 2.19. The first kappa shape index (κ1) is 14.9. The number of aromatic hydroxyl groups is 1. The summed E-state index contributed by atoms with van der Waals surface area (Å²) in [7, 11) is 0. The summed E-state index contributed by atoms with van der Waals surface area (Å²) in [5.41, 5.74) is 1.52. The van der Waals surface area contributed by atoms with Gasteiger partial charge in [-0.3, -0.25) is 0 Å². The van der Waals surface area contributed by atoms with Crippen LogP contribution in [0.2, 0.25) is 0 Å². The van der Waals surface area contributed by atoms with Crippen LogP contribution >= 0.6 is 34.8 Å². The molecule has 0 aliphatic heterocycles. The lowest BCUT2D eigenvalue weighted by Crippen LogP contribution is -1.95. The molecule has 0 radical (unpaired) electrons. The van der Waals surface area contributed by atoms with Gasteiger partial charge in [0.05, 0.1) is 6.21 Å². The largest absolute Gasteiger partial charge is 0.507 e. The van der Waals surface area contributed by atoms with Crippen LogP contribution in [0.25, 0.3) is 11.4 Å². The quantitative estimate of drug-likeness (QED) is 0.384. The molecule has 0 aliphatic carbocycles. The van der Waals surface area contributed by atoms with Gasteiger partial charge in [-0.1, -0.05) is 30.3 Å². The number of hydrogen-bond acceptors (Lipinski definition) is 4. The summed E-state index contributed by atoms with van der Waals surface area (Å²) in [6, 6.07) is 14.9. The zero-order valence-electron chi connectivity index (χ0n) is 11.3. The van der Waals surface area contributed by atoms with Crippen LogP contribution in [0.15, 0.2) is 53.6 Å². The molecule has 0 saturated carbocycles. The minimum atomic E-state index is 0.167. The van der Waals surface area contributed by atoms with E-state index >= 15 is 0 Å². The molecule has 0 fully saturated rings. The molecular weight excluding hydrogens is 411 g/mol. The summed E-state index contributed by atoms with van der Waals surface area (Å²) >= 11 is 7.39. The first-order valence-electron chi connectivity index (χ1n) is 6.41. The maximum absolute atomic E-state index is 9.87. The second-order valence-corrected chi connectivity index (χ2v) is 6.11. The highest BCUT2D eigenvalue weighted by Gasteiger charge is 2.07. The van der Waals surface area contributed by atoms with Gasteiger partial charge in [-0.2, -0.15) is 14.9 Å². The number of phenols is 1. The third kappa shape index (κ3) is 3.09. The number of benzene rings is 2. The lowest BCUT2D eigenvalue weighted by Gasteiger charge is -2.02. The Labute approximate surface area is 145 Å². The molecule has 0 saturated heterocycles. The van der Waals surface area contributed by atoms with Gasteiger partial charge in [-0.25, -0.2) is 5.10 Å². The fourth-order valence-electron chi connectivity index (χ4n) is 1.92. The molecule has 0 spiro atoms. The van der Waals surface area contributed by atoms with Gasteiger partial charge >= 0.3 is 0 Å². The zero-order valence-corrected chi connectivity index (χ0v) is 14.2. The molecule has 5 nitrogen and oxygen atoms in total. The molecule has 0 atom stereocenters. The van der Waals surface area contributed by atoms with E-state index < -0.39 is 0 Å². The fraction of sp³-hybridized carbons (Fsp3) is 0. The van der Waals surface area contributed by atoms with Gasteiger partial charge in [0.1, 0.15) is 5.75 Å². The monoisotopic (exact) mass is 422 g/mol. The van der Waals surface area contributed by atoms with E-state index in [9.17, 15) is 5.11 Å². The number of nitrogens with zero attached hydrogens (tertiary/aromatic N) is 3. The van der Waals surface area contributed by atoms with Crippen molar-refractivity contribution < 1.29 is 5.11 Å². The van der Waals surface area contributed by atoms with Gasteiger partial charge < -0.3 is 5.11 Å². The predicted octanol–water partition coefficient (Wildman–Crippen LogP) is 3.80. The third-order valence-corrected chi connectivity index (χ3v) is 3.92. The average Bonchev–Trinajstić information content (AvgIpc) is 2.90. The number of H-pyrrole nitrogens is 1. The van der Waals surface area contributed by atoms with Gasteiger partial charge in [0.25, 0.3) is 0 Å². The Kier molecular flexibility index (Phi) is 4.34. The summed E-state index contributed by atoms with van der Waals surface area (Å²) in [5.74, 6) is 0.785. The molecule has 3 aromatic rings. The molecule has 1 aromatic heterocycles. The molecule has 0 unspecified atom stereocenters. The van der Waals surface area contributed by atoms with Crippen molar-refractivity contribution in [3.63, 3.8) is 0 Å². The van der Waals surface area contributed by atoms with Crippen molar-refractivity contribution in [2.75, 3.05) is 0 Å². The van der Waals surface area contributed by atoms with E-state index in [1.807, 2.05) is 42.5 Å². The lowest BCUT2D eigenvalue weighted by molar-refractivity contribution is 0.474. The summed E-state index contributed by atoms with van der Waals surface area (Å²) in [6.45, 7) is 0. The standard InChI is InChI=1S/C15H11IN4OS/c16-12-6-7-13(21)11(8-12)9-17-20-14(18-19-15(20)22)10-4-2-1-3-5-10/h1-9,21H,(H,19,22). The first-order valence-corrected chi connectivity index (χ1v) is 7.89. The maximum atomic E-state index is 9.87. The molecular formula is C15H11IN4OS. The van der Waals surface area contributed by atoms with Crippen molar-refractivity contribution in [3.8, 4) is 17.1 Å². The van der Waals surface area contributed by atoms with Crippen LogP contribution in [-0.2, 0) is 0 Å². The Morgan fingerprint density at radius 2 is 2.00 bits per heavy atom. The summed E-state index contributed by atoms with van der Waals surface area (Å²) in [5, 5.41) is 21.2. The van der Waals surface area contributed by atoms with Gasteiger partial charge in [0.15, 0.2) is 5.82 Å². The number of aromatic nitrogens is 3. The Balaban J connectivity index is 2.03. The number of aromatic amines is 1. The smallest absolute Gasteiger partial charge is 0.216 e. The molecule has 110 valence electrons. The Hall–Kier alpha value is -2.00. The zero-order chi connectivity index (χ0) is 15.5. The molecule has 2 N–H and O–H groups in total. The van der Waals surface area contributed by atoms with Crippen molar-refractivity contribution in [1.82, 2.24) is 14.9 Å². The number of rotatable bonds is 3. The molecule has 0 bridgehead atoms. The summed E-state index contributed by atoms with van der Waals surface area (Å²) in [4.78, 5) is 0. The summed E-state index contributed by atoms with van der Waals surface area (Å²) < 4.78 is 2.93. The minimum absolute atomic E-state index is 0.167. The number of nitrogens with one attached hydrogen (secondary N) is 1. The van der Waals surface area contributed by atoms with Crippen molar-refractivity contribution >= 4 is 41.0 Å². The Bertz CT molecular complexity index is 886. The molecule has 1 heterocycles. The van der Waals surface area contributed by atoms with E-state index in [1.165, 1.54) is 4.68 Å². The normalized spacial score (nSPS) is 11.1. The van der Waals surface area contributed by atoms with Crippen LogP contribution < -0.4 is 0 Å². The SMILES string of the molecule is Oc1ccc(I)cc1C=Nn1c(-c2ccccc2)n[nH]c1=S. The average molecular weight is 422 g/mol. The van der Waals surface area contributed by atoms with Crippen LogP contribution in [0.3, 0.4) is 0 Å². The molecule has 2 aromatic carbocycles. The van der Waals surface area contributed by atoms with E-state index in [-0.39, 0.29) is 5.75 Å². The van der Waals surface area contributed by atoms with Crippen LogP contribution in [-0.4, -0.2) is 26.2 Å². The van der Waals surface area contributed by atoms with Crippen LogP contribution in [0.5, 0.6) is 5.75 Å². The summed E-state index contributed by atoms with van der Waals surface area (Å²) in [6.07, 6.45) is 1.56. The molecule has 0 amide bonds. The maximum Gasteiger partial charge on any atom is 0.216 e. The fourth-order valence-corrected chi connectivity index (χ4v) is 2.62. The van der Waals surface area contributed by atoms with Crippen LogP contribution in [0.4, 0.5) is 0 Å². The van der Waals surface area contributed by atoms with Gasteiger partial charge in [-0.15, -0.1) is 0 Å². The van der Waals surface area contributed by atoms with Crippen molar-refractivity contribution in [1.29, 1.82) is 0 Å². The topological polar surface area (TPSA) is 66.2 Å². The molecule has 22 heavy (non-hydrogen) atoms. The number of halogens is 1. The van der Waals surface area contributed by atoms with E-state index in [4.69, 9.17) is 12.2 Å². The van der Waals surface area contributed by atoms with E-state index in [2.05, 4.69) is 37.9 Å². The van der Waals surface area contributed by atoms with Crippen LogP contribution in [0.1, 0.15) is 5.56 Å². The molecule has 0 aliphatic rings. The Morgan fingerprint density at radius 1 is 1.23 bits per heavy atom. The highest BCUT2D eigenvalue weighted by atomic mass is 127. The molecule has 7 heteroatoms.